The van der Waals surface area contributed by atoms with Gasteiger partial charge in [0, 0.05) is 0 Å². The van der Waals surface area contributed by atoms with Crippen LogP contribution in [-0.2, 0) is 19.8 Å². The Balaban J connectivity index is 2.02. The van der Waals surface area contributed by atoms with Crippen LogP contribution in [0.1, 0.15) is 123 Å². The maximum absolute atomic E-state index is 14.6. The minimum absolute atomic E-state index is 0.252. The molecule has 6 heteroatoms. The van der Waals surface area contributed by atoms with Crippen molar-refractivity contribution in [1.29, 1.82) is 0 Å². The molecule has 0 aromatic heterocycles. The third-order valence-electron chi connectivity index (χ3n) is 9.67. The molecule has 4 aromatic rings. The molecule has 0 amide bonds. The molecule has 0 aliphatic carbocycles. The summed E-state index contributed by atoms with van der Waals surface area (Å²) in [5, 5.41) is 0.0346. The van der Waals surface area contributed by atoms with Gasteiger partial charge in [0.05, 0.1) is 0 Å². The van der Waals surface area contributed by atoms with Crippen LogP contribution in [0.4, 0.5) is 5.69 Å². The van der Waals surface area contributed by atoms with Crippen LogP contribution in [0.2, 0.25) is 0 Å². The van der Waals surface area contributed by atoms with E-state index in [0.29, 0.717) is 17.2 Å². The Bertz CT molecular complexity index is 1820. The van der Waals surface area contributed by atoms with Crippen LogP contribution >= 0.6 is 7.49 Å². The molecule has 48 heavy (non-hydrogen) atoms. The number of rotatable bonds is 10. The third-order valence-corrected chi connectivity index (χ3v) is 17.8. The van der Waals surface area contributed by atoms with Gasteiger partial charge in [0.25, 0.3) is 0 Å². The molecule has 0 saturated carbocycles. The standard InChI is InChI=1S/C42H58NO3PS/c1-28(2)32-25-36(29(3)4)40(37(26-32)30(5)6)35-22-16-18-24-39(35)47(41(7,8)9,42(10,11)12)46-48(44,45)27-31-19-13-14-20-33(31)34-21-15-17-23-38(34)43/h13-26,28-30,47H,27,43H2,1-12H3. The molecule has 0 radical (unpaired) electrons. The Morgan fingerprint density at radius 1 is 0.646 bits per heavy atom. The first-order valence-corrected chi connectivity index (χ1v) is 20.8. The minimum atomic E-state index is -4.10. The van der Waals surface area contributed by atoms with E-state index in [0.717, 1.165) is 22.0 Å². The van der Waals surface area contributed by atoms with Gasteiger partial charge >= 0.3 is 293 Å². The fourth-order valence-corrected chi connectivity index (χ4v) is 17.1. The van der Waals surface area contributed by atoms with Crippen molar-refractivity contribution in [1.82, 2.24) is 0 Å². The molecule has 0 saturated heterocycles. The quantitative estimate of drug-likeness (QED) is 0.133. The second-order valence-corrected chi connectivity index (χ2v) is 23.3. The van der Waals surface area contributed by atoms with Crippen LogP contribution < -0.4 is 11.0 Å². The van der Waals surface area contributed by atoms with E-state index in [1.807, 2.05) is 54.6 Å². The van der Waals surface area contributed by atoms with Gasteiger partial charge in [-0.25, -0.2) is 0 Å². The maximum atomic E-state index is 14.6. The summed E-state index contributed by atoms with van der Waals surface area (Å²) in [6.07, 6.45) is 0. The summed E-state index contributed by atoms with van der Waals surface area (Å²) in [6, 6.07) is 28.4. The number of hydrogen-bond donors (Lipinski definition) is 1. The predicted octanol–water partition coefficient (Wildman–Crippen LogP) is 11.4. The van der Waals surface area contributed by atoms with E-state index in [9.17, 15) is 8.42 Å². The first kappa shape index (κ1) is 37.8. The number of nitrogens with two attached hydrogens (primary N) is 1. The summed E-state index contributed by atoms with van der Waals surface area (Å²) in [5.74, 6) is 0.690. The van der Waals surface area contributed by atoms with Crippen molar-refractivity contribution in [3.05, 3.63) is 107 Å². The van der Waals surface area contributed by atoms with Gasteiger partial charge in [0.2, 0.25) is 0 Å². The summed E-state index contributed by atoms with van der Waals surface area (Å²) in [5.41, 5.74) is 15.5. The molecule has 0 fully saturated rings. The number of anilines is 1. The zero-order valence-electron chi connectivity index (χ0n) is 31.2. The van der Waals surface area contributed by atoms with E-state index in [1.54, 1.807) is 0 Å². The molecule has 0 unspecified atom stereocenters. The van der Waals surface area contributed by atoms with Gasteiger partial charge in [-0.1, -0.05) is 0 Å². The van der Waals surface area contributed by atoms with E-state index in [2.05, 4.69) is 113 Å². The van der Waals surface area contributed by atoms with E-state index in [1.165, 1.54) is 22.3 Å². The number of hydrogen-bond acceptors (Lipinski definition) is 4. The molecule has 0 heterocycles. The first-order valence-electron chi connectivity index (χ1n) is 17.4. The van der Waals surface area contributed by atoms with Crippen LogP contribution in [0, 0.1) is 0 Å². The normalized spacial score (nSPS) is 13.5. The second-order valence-electron chi connectivity index (χ2n) is 16.3. The van der Waals surface area contributed by atoms with Gasteiger partial charge in [0.1, 0.15) is 0 Å². The van der Waals surface area contributed by atoms with Crippen molar-refractivity contribution < 1.29 is 12.4 Å². The number of para-hydroxylation sites is 1. The van der Waals surface area contributed by atoms with Crippen LogP contribution in [0.5, 0.6) is 0 Å². The SMILES string of the molecule is CC(C)c1cc(C(C)C)c(-c2ccccc2[PH](OS(=O)(=O)Cc2ccccc2-c2ccccc2N)(C(C)(C)C)C(C)(C)C)c(C(C)C)c1. The number of nitrogen functional groups attached to an aromatic ring is 1. The zero-order chi connectivity index (χ0) is 35.8. The molecule has 0 spiro atoms. The van der Waals surface area contributed by atoms with Gasteiger partial charge in [-0.3, -0.25) is 0 Å². The second kappa shape index (κ2) is 14.1. The van der Waals surface area contributed by atoms with E-state index >= 15 is 0 Å². The van der Waals surface area contributed by atoms with Gasteiger partial charge in [-0.05, 0) is 0 Å². The van der Waals surface area contributed by atoms with Crippen LogP contribution in [0.15, 0.2) is 84.9 Å². The molecule has 4 nitrogen and oxygen atoms in total. The molecule has 4 rings (SSSR count). The van der Waals surface area contributed by atoms with Crippen LogP contribution in [0.25, 0.3) is 22.3 Å². The van der Waals surface area contributed by atoms with E-state index < -0.39 is 27.9 Å². The molecular weight excluding hydrogens is 630 g/mol. The fraction of sp³-hybridized carbons (Fsp3) is 0.429. The van der Waals surface area contributed by atoms with E-state index in [4.69, 9.17) is 9.70 Å². The molecule has 0 atom stereocenters. The van der Waals surface area contributed by atoms with Crippen molar-refractivity contribution in [2.24, 2.45) is 0 Å². The number of benzene rings is 4. The Hall–Kier alpha value is -2.98. The van der Waals surface area contributed by atoms with Crippen molar-refractivity contribution in [3.8, 4) is 22.3 Å². The topological polar surface area (TPSA) is 69.4 Å². The summed E-state index contributed by atoms with van der Waals surface area (Å²) in [7, 11) is -7.56. The van der Waals surface area contributed by atoms with Gasteiger partial charge < -0.3 is 0 Å². The molecule has 260 valence electrons. The summed E-state index contributed by atoms with van der Waals surface area (Å²) < 4.78 is 36.3. The average Bonchev–Trinajstić information content (AvgIpc) is 2.98. The fourth-order valence-electron chi connectivity index (χ4n) is 7.56. The van der Waals surface area contributed by atoms with Crippen molar-refractivity contribution in [3.63, 3.8) is 0 Å². The molecule has 2 N–H and O–H groups in total. The van der Waals surface area contributed by atoms with Crippen molar-refractivity contribution >= 4 is 28.6 Å². The van der Waals surface area contributed by atoms with Crippen molar-refractivity contribution in [2.45, 2.75) is 117 Å². The van der Waals surface area contributed by atoms with E-state index in [-0.39, 0.29) is 17.6 Å². The molecule has 0 bridgehead atoms. The Morgan fingerprint density at radius 3 is 1.58 bits per heavy atom. The third kappa shape index (κ3) is 7.44. The average molecular weight is 688 g/mol. The van der Waals surface area contributed by atoms with Crippen LogP contribution in [0.3, 0.4) is 0 Å². The zero-order valence-corrected chi connectivity index (χ0v) is 33.0. The van der Waals surface area contributed by atoms with Gasteiger partial charge in [0.15, 0.2) is 0 Å². The Labute approximate surface area is 292 Å². The summed E-state index contributed by atoms with van der Waals surface area (Å²) >= 11 is 0. The Morgan fingerprint density at radius 2 is 1.10 bits per heavy atom. The van der Waals surface area contributed by atoms with Gasteiger partial charge in [-0.15, -0.1) is 0 Å². The Kier molecular flexibility index (Phi) is 11.1. The molecule has 0 aliphatic heterocycles. The predicted molar refractivity (Wildman–Crippen MR) is 212 cm³/mol. The monoisotopic (exact) mass is 687 g/mol. The van der Waals surface area contributed by atoms with Crippen LogP contribution in [-0.4, -0.2) is 18.7 Å². The summed E-state index contributed by atoms with van der Waals surface area (Å²) in [4.78, 5) is 0. The first-order chi connectivity index (χ1) is 22.2. The molecule has 0 aliphatic rings. The van der Waals surface area contributed by atoms with Crippen molar-refractivity contribution in [2.75, 3.05) is 5.73 Å². The molecular formula is C42H58NO3PS. The summed E-state index contributed by atoms with van der Waals surface area (Å²) in [6.45, 7) is 26.5. The molecule has 4 aromatic carbocycles. The van der Waals surface area contributed by atoms with Gasteiger partial charge in [-0.2, -0.15) is 0 Å².